The Bertz CT molecular complexity index is 357. The first-order valence-corrected chi connectivity index (χ1v) is 5.20. The van der Waals surface area contributed by atoms with E-state index in [-0.39, 0.29) is 11.8 Å². The number of hydrogen-bond donors (Lipinski definition) is 1. The molecule has 0 amide bonds. The first-order valence-electron chi connectivity index (χ1n) is 4.38. The molecule has 14 heavy (non-hydrogen) atoms. The van der Waals surface area contributed by atoms with Crippen molar-refractivity contribution in [2.24, 2.45) is 0 Å². The van der Waals surface area contributed by atoms with E-state index in [4.69, 9.17) is 9.84 Å². The molecule has 4 nitrogen and oxygen atoms in total. The predicted molar refractivity (Wildman–Crippen MR) is 51.8 cm³/mol. The highest BCUT2D eigenvalue weighted by molar-refractivity contribution is 7.13. The molecule has 0 unspecified atom stereocenters. The fourth-order valence-electron chi connectivity index (χ4n) is 1.55. The molecule has 2 rings (SSSR count). The second-order valence-corrected chi connectivity index (χ2v) is 4.54. The molecule has 1 aliphatic rings. The van der Waals surface area contributed by atoms with Gasteiger partial charge in [0.15, 0.2) is 0 Å². The minimum atomic E-state index is -0.741. The van der Waals surface area contributed by atoms with Crippen LogP contribution in [-0.2, 0) is 10.2 Å². The maximum absolute atomic E-state index is 10.7. The Kier molecular flexibility index (Phi) is 2.19. The second kappa shape index (κ2) is 3.24. The lowest BCUT2D eigenvalue weighted by Gasteiger charge is -2.07. The number of thiazole rings is 1. The van der Waals surface area contributed by atoms with Gasteiger partial charge in [-0.15, -0.1) is 0 Å². The number of ether oxygens (including phenoxy) is 1. The van der Waals surface area contributed by atoms with E-state index in [0.29, 0.717) is 5.19 Å². The van der Waals surface area contributed by atoms with Crippen LogP contribution in [0.15, 0.2) is 6.20 Å². The maximum Gasteiger partial charge on any atom is 0.304 e. The molecule has 1 fully saturated rings. The number of nitrogens with zero attached hydrogens (tertiary/aromatic N) is 1. The zero-order valence-electron chi connectivity index (χ0n) is 7.82. The summed E-state index contributed by atoms with van der Waals surface area (Å²) in [5, 5.41) is 9.38. The lowest BCUT2D eigenvalue weighted by atomic mass is 10.0. The standard InChI is InChI=1S/C9H11NO3S/c1-13-8-10-5-6(14-8)9(2-3-9)4-7(11)12/h5H,2-4H2,1H3,(H,11,12). The van der Waals surface area contributed by atoms with Gasteiger partial charge in [0.2, 0.25) is 0 Å². The highest BCUT2D eigenvalue weighted by Crippen LogP contribution is 2.53. The quantitative estimate of drug-likeness (QED) is 0.826. The van der Waals surface area contributed by atoms with Crippen molar-refractivity contribution in [1.82, 2.24) is 4.98 Å². The first kappa shape index (κ1) is 9.45. The van der Waals surface area contributed by atoms with E-state index in [0.717, 1.165) is 17.7 Å². The number of aliphatic carboxylic acids is 1. The van der Waals surface area contributed by atoms with Crippen LogP contribution in [0.5, 0.6) is 5.19 Å². The molecule has 0 saturated heterocycles. The number of carboxylic acids is 1. The number of carbonyl (C=O) groups is 1. The van der Waals surface area contributed by atoms with Gasteiger partial charge in [0.1, 0.15) is 0 Å². The summed E-state index contributed by atoms with van der Waals surface area (Å²) >= 11 is 1.45. The molecule has 0 aromatic carbocycles. The Morgan fingerprint density at radius 1 is 1.79 bits per heavy atom. The molecule has 1 aliphatic carbocycles. The molecule has 0 bridgehead atoms. The zero-order chi connectivity index (χ0) is 10.2. The number of methoxy groups -OCH3 is 1. The van der Waals surface area contributed by atoms with Gasteiger partial charge in [0.05, 0.1) is 13.5 Å². The van der Waals surface area contributed by atoms with Gasteiger partial charge in [0, 0.05) is 16.5 Å². The minimum absolute atomic E-state index is 0.139. The lowest BCUT2D eigenvalue weighted by molar-refractivity contribution is -0.137. The van der Waals surface area contributed by atoms with E-state index in [2.05, 4.69) is 4.98 Å². The summed E-state index contributed by atoms with van der Waals surface area (Å²) in [6, 6.07) is 0. The summed E-state index contributed by atoms with van der Waals surface area (Å²) < 4.78 is 4.98. The van der Waals surface area contributed by atoms with Crippen molar-refractivity contribution in [2.75, 3.05) is 7.11 Å². The van der Waals surface area contributed by atoms with Gasteiger partial charge in [-0.05, 0) is 12.8 Å². The molecule has 0 spiro atoms. The molecule has 0 aliphatic heterocycles. The van der Waals surface area contributed by atoms with Crippen LogP contribution in [-0.4, -0.2) is 23.2 Å². The van der Waals surface area contributed by atoms with E-state index in [1.807, 2.05) is 0 Å². The summed E-state index contributed by atoms with van der Waals surface area (Å²) in [5.41, 5.74) is -0.139. The van der Waals surface area contributed by atoms with Crippen LogP contribution < -0.4 is 4.74 Å². The van der Waals surface area contributed by atoms with Crippen molar-refractivity contribution >= 4 is 17.3 Å². The van der Waals surface area contributed by atoms with Crippen molar-refractivity contribution in [2.45, 2.75) is 24.7 Å². The SMILES string of the molecule is COc1ncc(C2(CC(=O)O)CC2)s1. The Hall–Kier alpha value is -1.10. The molecular formula is C9H11NO3S. The summed E-state index contributed by atoms with van der Waals surface area (Å²) in [6.07, 6.45) is 3.84. The fourth-order valence-corrected chi connectivity index (χ4v) is 2.52. The fraction of sp³-hybridized carbons (Fsp3) is 0.556. The average molecular weight is 213 g/mol. The molecule has 1 heterocycles. The second-order valence-electron chi connectivity index (χ2n) is 3.55. The summed E-state index contributed by atoms with van der Waals surface area (Å²) in [6.45, 7) is 0. The molecule has 0 radical (unpaired) electrons. The van der Waals surface area contributed by atoms with Gasteiger partial charge >= 0.3 is 5.97 Å². The Balaban J connectivity index is 2.17. The first-order chi connectivity index (χ1) is 6.66. The van der Waals surface area contributed by atoms with Crippen LogP contribution >= 0.6 is 11.3 Å². The summed E-state index contributed by atoms with van der Waals surface area (Å²) in [7, 11) is 1.57. The minimum Gasteiger partial charge on any atom is -0.481 e. The van der Waals surface area contributed by atoms with Gasteiger partial charge in [-0.3, -0.25) is 4.79 Å². The Morgan fingerprint density at radius 2 is 2.50 bits per heavy atom. The van der Waals surface area contributed by atoms with Crippen molar-refractivity contribution < 1.29 is 14.6 Å². The molecule has 0 atom stereocenters. The zero-order valence-corrected chi connectivity index (χ0v) is 8.63. The lowest BCUT2D eigenvalue weighted by Crippen LogP contribution is -2.11. The van der Waals surface area contributed by atoms with Crippen molar-refractivity contribution in [3.05, 3.63) is 11.1 Å². The molecule has 1 aromatic heterocycles. The molecule has 5 heteroatoms. The van der Waals surface area contributed by atoms with E-state index < -0.39 is 5.97 Å². The van der Waals surface area contributed by atoms with Gasteiger partial charge in [-0.25, -0.2) is 4.98 Å². The van der Waals surface area contributed by atoms with Crippen LogP contribution in [0, 0.1) is 0 Å². The topological polar surface area (TPSA) is 59.4 Å². The van der Waals surface area contributed by atoms with Crippen molar-refractivity contribution in [3.63, 3.8) is 0 Å². The Labute approximate surface area is 85.5 Å². The third kappa shape index (κ3) is 1.59. The largest absolute Gasteiger partial charge is 0.481 e. The maximum atomic E-state index is 10.7. The highest BCUT2D eigenvalue weighted by Gasteiger charge is 2.47. The van der Waals surface area contributed by atoms with E-state index >= 15 is 0 Å². The van der Waals surface area contributed by atoms with Crippen LogP contribution in [0.4, 0.5) is 0 Å². The van der Waals surface area contributed by atoms with E-state index in [1.54, 1.807) is 13.3 Å². The average Bonchev–Trinajstić information content (AvgIpc) is 2.76. The van der Waals surface area contributed by atoms with Gasteiger partial charge in [-0.1, -0.05) is 11.3 Å². The smallest absolute Gasteiger partial charge is 0.304 e. The molecular weight excluding hydrogens is 202 g/mol. The number of aromatic nitrogens is 1. The molecule has 1 saturated carbocycles. The highest BCUT2D eigenvalue weighted by atomic mass is 32.1. The summed E-state index contributed by atoms with van der Waals surface area (Å²) in [4.78, 5) is 15.7. The van der Waals surface area contributed by atoms with Crippen molar-refractivity contribution in [3.8, 4) is 5.19 Å². The van der Waals surface area contributed by atoms with E-state index in [1.165, 1.54) is 11.3 Å². The van der Waals surface area contributed by atoms with Crippen molar-refractivity contribution in [1.29, 1.82) is 0 Å². The number of hydrogen-bond acceptors (Lipinski definition) is 4. The molecule has 76 valence electrons. The van der Waals surface area contributed by atoms with E-state index in [9.17, 15) is 4.79 Å². The van der Waals surface area contributed by atoms with Crippen LogP contribution in [0.3, 0.4) is 0 Å². The third-order valence-electron chi connectivity index (χ3n) is 2.52. The van der Waals surface area contributed by atoms with Gasteiger partial charge in [0.25, 0.3) is 5.19 Å². The van der Waals surface area contributed by atoms with Crippen LogP contribution in [0.2, 0.25) is 0 Å². The van der Waals surface area contributed by atoms with Crippen LogP contribution in [0.25, 0.3) is 0 Å². The monoisotopic (exact) mass is 213 g/mol. The predicted octanol–water partition coefficient (Wildman–Crippen LogP) is 1.66. The third-order valence-corrected chi connectivity index (χ3v) is 3.73. The number of carboxylic acid groups (broad SMARTS) is 1. The normalized spacial score (nSPS) is 17.8. The van der Waals surface area contributed by atoms with Gasteiger partial charge < -0.3 is 9.84 Å². The number of rotatable bonds is 4. The molecule has 1 aromatic rings. The Morgan fingerprint density at radius 3 is 2.93 bits per heavy atom. The van der Waals surface area contributed by atoms with Gasteiger partial charge in [-0.2, -0.15) is 0 Å². The van der Waals surface area contributed by atoms with Crippen LogP contribution in [0.1, 0.15) is 24.1 Å². The summed E-state index contributed by atoms with van der Waals surface area (Å²) in [5.74, 6) is -0.741. The molecule has 1 N–H and O–H groups in total.